The molecule has 4 aromatic rings. The normalized spacial score (nSPS) is 18.3. The van der Waals surface area contributed by atoms with E-state index in [1.165, 1.54) is 18.3 Å². The van der Waals surface area contributed by atoms with E-state index < -0.39 is 41.2 Å². The van der Waals surface area contributed by atoms with Crippen LogP contribution in [0, 0.1) is 12.7 Å². The topological polar surface area (TPSA) is 60.7 Å². The molecule has 1 saturated carbocycles. The minimum absolute atomic E-state index is 0.0304. The van der Waals surface area contributed by atoms with Crippen molar-refractivity contribution in [3.05, 3.63) is 98.6 Å². The molecule has 3 aromatic heterocycles. The third-order valence-corrected chi connectivity index (χ3v) is 7.62. The molecule has 0 unspecified atom stereocenters. The molecule has 3 heterocycles. The van der Waals surface area contributed by atoms with Crippen molar-refractivity contribution in [2.24, 2.45) is 0 Å². The maximum absolute atomic E-state index is 14.6. The number of nitrogens with zero attached hydrogens (tertiary/aromatic N) is 4. The second kappa shape index (κ2) is 10.3. The number of fused-ring (bicyclic) bond motifs is 1. The maximum atomic E-state index is 14.6. The number of hydrogen-bond donors (Lipinski definition) is 0. The zero-order chi connectivity index (χ0) is 28.8. The molecule has 40 heavy (non-hydrogen) atoms. The summed E-state index contributed by atoms with van der Waals surface area (Å²) in [6.07, 6.45) is -0.378. The lowest BCUT2D eigenvalue weighted by atomic mass is 9.75. The Balaban J connectivity index is 1.58. The lowest BCUT2D eigenvalue weighted by Crippen LogP contribution is -2.30. The largest absolute Gasteiger partial charge is 0.418 e. The molecule has 210 valence electrons. The Hall–Kier alpha value is -3.76. The predicted octanol–water partition coefficient (Wildman–Crippen LogP) is 7.25. The molecule has 0 spiro atoms. The van der Waals surface area contributed by atoms with Gasteiger partial charge >= 0.3 is 6.18 Å². The fourth-order valence-electron chi connectivity index (χ4n) is 5.63. The Bertz CT molecular complexity index is 1600. The SMILES string of the molecule is Cc1cccc(F)c1[C@H]1CC[C@H](c2cc3ncc(C(C)(F)F)nc3n(Cc3ncccc3C(F)(F)F)c2=O)CC1. The summed E-state index contributed by atoms with van der Waals surface area (Å²) in [4.78, 5) is 25.7. The summed E-state index contributed by atoms with van der Waals surface area (Å²) in [6, 6.07) is 8.41. The zero-order valence-electron chi connectivity index (χ0n) is 21.8. The molecule has 1 aliphatic rings. The minimum Gasteiger partial charge on any atom is -0.285 e. The second-order valence-corrected chi connectivity index (χ2v) is 10.4. The van der Waals surface area contributed by atoms with Crippen molar-refractivity contribution in [2.75, 3.05) is 0 Å². The van der Waals surface area contributed by atoms with Crippen LogP contribution in [0.4, 0.5) is 26.3 Å². The molecule has 1 aromatic carbocycles. The summed E-state index contributed by atoms with van der Waals surface area (Å²) in [5, 5.41) is 0. The molecule has 1 aliphatic carbocycles. The standard InChI is InChI=1S/C29H26F6N4O/c1-16-5-3-7-21(30)25(16)18-10-8-17(9-11-18)19-13-22-26(38-24(14-37-22)28(2,31)32)39(27(19)40)15-23-20(29(33,34)35)6-4-12-36-23/h3-7,12-14,17-18H,8-11,15H2,1-2H3/t17-,18-. The van der Waals surface area contributed by atoms with E-state index in [0.717, 1.165) is 28.5 Å². The van der Waals surface area contributed by atoms with Gasteiger partial charge in [0.15, 0.2) is 5.65 Å². The Morgan fingerprint density at radius 2 is 1.68 bits per heavy atom. The van der Waals surface area contributed by atoms with Gasteiger partial charge in [-0.25, -0.2) is 9.37 Å². The van der Waals surface area contributed by atoms with Gasteiger partial charge in [0.25, 0.3) is 11.5 Å². The molecule has 5 rings (SSSR count). The summed E-state index contributed by atoms with van der Waals surface area (Å²) in [7, 11) is 0. The van der Waals surface area contributed by atoms with Gasteiger partial charge in [-0.15, -0.1) is 0 Å². The van der Waals surface area contributed by atoms with E-state index in [1.807, 2.05) is 13.0 Å². The fraction of sp³-hybridized carbons (Fsp3) is 0.379. The average molecular weight is 561 g/mol. The summed E-state index contributed by atoms with van der Waals surface area (Å²) in [5.41, 5.74) is -1.14. The third-order valence-electron chi connectivity index (χ3n) is 7.62. The number of halogens is 6. The number of rotatable bonds is 5. The number of pyridine rings is 2. The van der Waals surface area contributed by atoms with Crippen molar-refractivity contribution in [1.29, 1.82) is 0 Å². The van der Waals surface area contributed by atoms with Gasteiger partial charge in [0.2, 0.25) is 0 Å². The van der Waals surface area contributed by atoms with Crippen molar-refractivity contribution in [3.63, 3.8) is 0 Å². The van der Waals surface area contributed by atoms with Crippen LogP contribution in [-0.4, -0.2) is 19.5 Å². The van der Waals surface area contributed by atoms with E-state index in [-0.39, 0.29) is 28.8 Å². The second-order valence-electron chi connectivity index (χ2n) is 10.4. The van der Waals surface area contributed by atoms with Crippen LogP contribution < -0.4 is 5.56 Å². The molecule has 0 aliphatic heterocycles. The van der Waals surface area contributed by atoms with Crippen LogP contribution >= 0.6 is 0 Å². The van der Waals surface area contributed by atoms with Crippen LogP contribution in [0.3, 0.4) is 0 Å². The molecule has 5 nitrogen and oxygen atoms in total. The monoisotopic (exact) mass is 560 g/mol. The van der Waals surface area contributed by atoms with Crippen LogP contribution in [0.15, 0.2) is 53.6 Å². The van der Waals surface area contributed by atoms with Crippen LogP contribution in [0.2, 0.25) is 0 Å². The van der Waals surface area contributed by atoms with Gasteiger partial charge in [-0.3, -0.25) is 19.3 Å². The first-order valence-corrected chi connectivity index (χ1v) is 12.9. The van der Waals surface area contributed by atoms with E-state index in [4.69, 9.17) is 0 Å². The Kier molecular flexibility index (Phi) is 7.18. The first-order chi connectivity index (χ1) is 18.8. The molecular weight excluding hydrogens is 534 g/mol. The molecule has 11 heteroatoms. The van der Waals surface area contributed by atoms with E-state index >= 15 is 0 Å². The smallest absolute Gasteiger partial charge is 0.285 e. The van der Waals surface area contributed by atoms with Gasteiger partial charge in [0, 0.05) is 18.7 Å². The molecule has 0 saturated heterocycles. The van der Waals surface area contributed by atoms with E-state index in [1.54, 1.807) is 6.07 Å². The van der Waals surface area contributed by atoms with Crippen molar-refractivity contribution >= 4 is 11.2 Å². The highest BCUT2D eigenvalue weighted by Crippen LogP contribution is 2.42. The zero-order valence-corrected chi connectivity index (χ0v) is 21.8. The average Bonchev–Trinajstić information content (AvgIpc) is 2.89. The number of aryl methyl sites for hydroxylation is 1. The Labute approximate surface area is 225 Å². The van der Waals surface area contributed by atoms with Crippen LogP contribution in [0.25, 0.3) is 11.2 Å². The third kappa shape index (κ3) is 5.33. The molecule has 0 N–H and O–H groups in total. The lowest BCUT2D eigenvalue weighted by molar-refractivity contribution is -0.138. The minimum atomic E-state index is -4.74. The molecule has 1 fully saturated rings. The van der Waals surface area contributed by atoms with Crippen molar-refractivity contribution in [3.8, 4) is 0 Å². The van der Waals surface area contributed by atoms with Gasteiger partial charge < -0.3 is 0 Å². The number of alkyl halides is 5. The van der Waals surface area contributed by atoms with Crippen molar-refractivity contribution in [1.82, 2.24) is 19.5 Å². The molecule has 0 amide bonds. The lowest BCUT2D eigenvalue weighted by Gasteiger charge is -2.30. The summed E-state index contributed by atoms with van der Waals surface area (Å²) >= 11 is 0. The highest BCUT2D eigenvalue weighted by atomic mass is 19.4. The van der Waals surface area contributed by atoms with E-state index in [9.17, 15) is 31.1 Å². The van der Waals surface area contributed by atoms with Gasteiger partial charge in [0.05, 0.1) is 24.0 Å². The van der Waals surface area contributed by atoms with E-state index in [0.29, 0.717) is 43.7 Å². The molecule has 0 bridgehead atoms. The van der Waals surface area contributed by atoms with Crippen LogP contribution in [0.5, 0.6) is 0 Å². The van der Waals surface area contributed by atoms with Crippen LogP contribution in [0.1, 0.15) is 78.1 Å². The molecular formula is C29H26F6N4O. The first kappa shape index (κ1) is 27.8. The summed E-state index contributed by atoms with van der Waals surface area (Å²) in [5.74, 6) is -3.96. The molecule has 0 radical (unpaired) electrons. The van der Waals surface area contributed by atoms with Gasteiger partial charge in [-0.05, 0) is 79.8 Å². The van der Waals surface area contributed by atoms with Crippen LogP contribution in [-0.2, 0) is 18.6 Å². The quantitative estimate of drug-likeness (QED) is 0.241. The Morgan fingerprint density at radius 1 is 0.975 bits per heavy atom. The number of benzene rings is 1. The van der Waals surface area contributed by atoms with Gasteiger partial charge in [-0.1, -0.05) is 12.1 Å². The molecule has 0 atom stereocenters. The summed E-state index contributed by atoms with van der Waals surface area (Å²) in [6.45, 7) is 1.85. The maximum Gasteiger partial charge on any atom is 0.418 e. The summed E-state index contributed by atoms with van der Waals surface area (Å²) < 4.78 is 84.8. The highest BCUT2D eigenvalue weighted by Gasteiger charge is 2.35. The first-order valence-electron chi connectivity index (χ1n) is 12.9. The predicted molar refractivity (Wildman–Crippen MR) is 137 cm³/mol. The number of aromatic nitrogens is 4. The van der Waals surface area contributed by atoms with Gasteiger partial charge in [-0.2, -0.15) is 22.0 Å². The highest BCUT2D eigenvalue weighted by molar-refractivity contribution is 5.71. The fourth-order valence-corrected chi connectivity index (χ4v) is 5.63. The van der Waals surface area contributed by atoms with Crippen molar-refractivity contribution in [2.45, 2.75) is 70.0 Å². The van der Waals surface area contributed by atoms with Gasteiger partial charge in [0.1, 0.15) is 17.0 Å². The number of hydrogen-bond acceptors (Lipinski definition) is 4. The van der Waals surface area contributed by atoms with E-state index in [2.05, 4.69) is 15.0 Å². The Morgan fingerprint density at radius 3 is 2.33 bits per heavy atom. The van der Waals surface area contributed by atoms with Crippen molar-refractivity contribution < 1.29 is 26.3 Å².